The molecule has 0 saturated heterocycles. The maximum atomic E-state index is 6.43. The number of hydrogen-bond donors (Lipinski definition) is 4. The van der Waals surface area contributed by atoms with Gasteiger partial charge < -0.3 is 41.9 Å². The standard InChI is InChI=1S/C32H36N4O4/c1-37-29-17-5-19-11-26(34)13-21(30(19)38-2)7-23-15-28(36)16-24(32(23)40-4)8-22-14-27(35)12-20(31(22)39-3)6-18(29)10-25(33)9-17/h9-16H,5-8,33-36H2,1-4H3. The molecule has 0 spiro atoms. The van der Waals surface area contributed by atoms with Crippen LogP contribution in [0.2, 0.25) is 0 Å². The highest BCUT2D eigenvalue weighted by atomic mass is 16.5. The minimum atomic E-state index is 0.501. The normalized spacial score (nSPS) is 12.5. The molecule has 8 heteroatoms. The van der Waals surface area contributed by atoms with Crippen molar-refractivity contribution in [3.63, 3.8) is 0 Å². The number of nitrogens with two attached hydrogens (primary N) is 4. The van der Waals surface area contributed by atoms with Gasteiger partial charge in [-0.1, -0.05) is 0 Å². The van der Waals surface area contributed by atoms with Gasteiger partial charge in [-0.3, -0.25) is 0 Å². The molecular weight excluding hydrogens is 504 g/mol. The second kappa shape index (κ2) is 10.8. The van der Waals surface area contributed by atoms with Gasteiger partial charge in [0.15, 0.2) is 0 Å². The Morgan fingerprint density at radius 2 is 0.500 bits per heavy atom. The first-order valence-electron chi connectivity index (χ1n) is 13.1. The molecule has 4 aromatic carbocycles. The van der Waals surface area contributed by atoms with Crippen LogP contribution in [-0.2, 0) is 25.7 Å². The number of methoxy groups -OCH3 is 4. The van der Waals surface area contributed by atoms with Crippen molar-refractivity contribution in [2.45, 2.75) is 25.7 Å². The van der Waals surface area contributed by atoms with Crippen molar-refractivity contribution in [3.8, 4) is 23.0 Å². The summed E-state index contributed by atoms with van der Waals surface area (Å²) in [4.78, 5) is 0. The molecular formula is C32H36N4O4. The molecule has 0 aliphatic heterocycles. The van der Waals surface area contributed by atoms with Gasteiger partial charge >= 0.3 is 0 Å². The number of benzene rings is 4. The lowest BCUT2D eigenvalue weighted by atomic mass is 9.90. The maximum Gasteiger partial charge on any atom is 0.126 e. The summed E-state index contributed by atoms with van der Waals surface area (Å²) in [5.41, 5.74) is 35.6. The molecule has 0 aromatic heterocycles. The fourth-order valence-corrected chi connectivity index (χ4v) is 6.05. The highest BCUT2D eigenvalue weighted by Gasteiger charge is 2.22. The van der Waals surface area contributed by atoms with Gasteiger partial charge in [0.05, 0.1) is 28.4 Å². The molecule has 0 unspecified atom stereocenters. The van der Waals surface area contributed by atoms with E-state index in [1.807, 2.05) is 48.5 Å². The third-order valence-electron chi connectivity index (χ3n) is 7.40. The van der Waals surface area contributed by atoms with E-state index in [9.17, 15) is 0 Å². The van der Waals surface area contributed by atoms with E-state index in [1.165, 1.54) is 0 Å². The molecule has 8 bridgehead atoms. The molecule has 4 aromatic rings. The molecule has 0 saturated carbocycles. The smallest absolute Gasteiger partial charge is 0.126 e. The fraction of sp³-hybridized carbons (Fsp3) is 0.250. The lowest BCUT2D eigenvalue weighted by molar-refractivity contribution is 0.396. The largest absolute Gasteiger partial charge is 0.496 e. The Bertz CT molecular complexity index is 1270. The zero-order valence-corrected chi connectivity index (χ0v) is 23.4. The van der Waals surface area contributed by atoms with Crippen LogP contribution in [0.15, 0.2) is 48.5 Å². The Morgan fingerprint density at radius 3 is 0.625 bits per heavy atom. The molecule has 8 N–H and O–H groups in total. The quantitative estimate of drug-likeness (QED) is 0.240. The molecule has 0 heterocycles. The van der Waals surface area contributed by atoms with E-state index in [0.29, 0.717) is 48.4 Å². The van der Waals surface area contributed by atoms with Gasteiger partial charge in [0.25, 0.3) is 0 Å². The van der Waals surface area contributed by atoms with Gasteiger partial charge in [-0.25, -0.2) is 0 Å². The van der Waals surface area contributed by atoms with Crippen molar-refractivity contribution in [2.24, 2.45) is 0 Å². The maximum absolute atomic E-state index is 6.43. The van der Waals surface area contributed by atoms with Crippen LogP contribution >= 0.6 is 0 Å². The van der Waals surface area contributed by atoms with Crippen LogP contribution in [0, 0.1) is 0 Å². The third-order valence-corrected chi connectivity index (χ3v) is 7.40. The number of ether oxygens (including phenoxy) is 4. The SMILES string of the molecule is COc1c2cc(N)cc1Cc1cc(N)cc(c1OC)Cc1cc(N)cc(c1OC)Cc1cc(N)cc(c1OC)C2. The molecule has 0 fully saturated rings. The van der Waals surface area contributed by atoms with Crippen LogP contribution < -0.4 is 41.9 Å². The van der Waals surface area contributed by atoms with Crippen molar-refractivity contribution in [1.29, 1.82) is 0 Å². The van der Waals surface area contributed by atoms with Crippen molar-refractivity contribution in [3.05, 3.63) is 93.0 Å². The highest BCUT2D eigenvalue weighted by Crippen LogP contribution is 2.41. The number of nitrogen functional groups attached to an aromatic ring is 4. The van der Waals surface area contributed by atoms with E-state index in [2.05, 4.69) is 0 Å². The number of fused-ring (bicyclic) bond motifs is 8. The molecule has 208 valence electrons. The molecule has 1 aliphatic rings. The highest BCUT2D eigenvalue weighted by molar-refractivity contribution is 5.64. The summed E-state index contributed by atoms with van der Waals surface area (Å²) in [7, 11) is 6.68. The first-order chi connectivity index (χ1) is 19.2. The second-order valence-corrected chi connectivity index (χ2v) is 10.2. The second-order valence-electron chi connectivity index (χ2n) is 10.2. The van der Waals surface area contributed by atoms with Crippen LogP contribution in [0.25, 0.3) is 0 Å². The van der Waals surface area contributed by atoms with Crippen LogP contribution in [-0.4, -0.2) is 28.4 Å². The average Bonchev–Trinajstić information content (AvgIpc) is 2.88. The van der Waals surface area contributed by atoms with Crippen LogP contribution in [0.1, 0.15) is 44.5 Å². The van der Waals surface area contributed by atoms with Gasteiger partial charge in [-0.05, 0) is 48.5 Å². The fourth-order valence-electron chi connectivity index (χ4n) is 6.05. The van der Waals surface area contributed by atoms with E-state index in [0.717, 1.165) is 67.5 Å². The molecule has 8 nitrogen and oxygen atoms in total. The summed E-state index contributed by atoms with van der Waals surface area (Å²) in [5, 5.41) is 0. The molecule has 40 heavy (non-hydrogen) atoms. The van der Waals surface area contributed by atoms with Gasteiger partial charge in [0, 0.05) is 92.9 Å². The predicted octanol–water partition coefficient (Wildman–Crippen LogP) is 4.73. The predicted molar refractivity (Wildman–Crippen MR) is 161 cm³/mol. The summed E-state index contributed by atoms with van der Waals surface area (Å²) in [6.45, 7) is 0. The van der Waals surface area contributed by atoms with Gasteiger partial charge in [-0.2, -0.15) is 0 Å². The van der Waals surface area contributed by atoms with Crippen molar-refractivity contribution in [1.82, 2.24) is 0 Å². The van der Waals surface area contributed by atoms with Gasteiger partial charge in [0.1, 0.15) is 23.0 Å². The number of hydrogen-bond acceptors (Lipinski definition) is 8. The summed E-state index contributed by atoms with van der Waals surface area (Å²) >= 11 is 0. The molecule has 0 atom stereocenters. The van der Waals surface area contributed by atoms with E-state index in [-0.39, 0.29) is 0 Å². The molecule has 0 radical (unpaired) electrons. The van der Waals surface area contributed by atoms with Gasteiger partial charge in [0.2, 0.25) is 0 Å². The molecule has 5 rings (SSSR count). The van der Waals surface area contributed by atoms with Crippen molar-refractivity contribution in [2.75, 3.05) is 51.4 Å². The first-order valence-corrected chi connectivity index (χ1v) is 13.1. The van der Waals surface area contributed by atoms with Gasteiger partial charge in [-0.15, -0.1) is 0 Å². The Morgan fingerprint density at radius 1 is 0.350 bits per heavy atom. The monoisotopic (exact) mass is 540 g/mol. The number of anilines is 4. The summed E-state index contributed by atoms with van der Waals surface area (Å²) in [5.74, 6) is 2.99. The van der Waals surface area contributed by atoms with E-state index in [4.69, 9.17) is 41.9 Å². The van der Waals surface area contributed by atoms with Crippen LogP contribution in [0.3, 0.4) is 0 Å². The van der Waals surface area contributed by atoms with E-state index in [1.54, 1.807) is 28.4 Å². The minimum absolute atomic E-state index is 0.501. The third kappa shape index (κ3) is 5.00. The Kier molecular flexibility index (Phi) is 7.26. The summed E-state index contributed by atoms with van der Waals surface area (Å²) in [6.07, 6.45) is 2.00. The average molecular weight is 541 g/mol. The van der Waals surface area contributed by atoms with E-state index < -0.39 is 0 Å². The number of rotatable bonds is 4. The zero-order valence-electron chi connectivity index (χ0n) is 23.4. The first kappa shape index (κ1) is 26.9. The topological polar surface area (TPSA) is 141 Å². The molecule has 1 aliphatic carbocycles. The minimum Gasteiger partial charge on any atom is -0.496 e. The summed E-state index contributed by atoms with van der Waals surface area (Å²) in [6, 6.07) is 15.5. The Labute approximate surface area is 234 Å². The Balaban J connectivity index is 1.84. The van der Waals surface area contributed by atoms with Crippen LogP contribution in [0.5, 0.6) is 23.0 Å². The van der Waals surface area contributed by atoms with Crippen molar-refractivity contribution >= 4 is 22.7 Å². The van der Waals surface area contributed by atoms with Crippen LogP contribution in [0.4, 0.5) is 22.7 Å². The lowest BCUT2D eigenvalue weighted by Crippen LogP contribution is -2.08. The lowest BCUT2D eigenvalue weighted by Gasteiger charge is -2.22. The Hall–Kier alpha value is -4.72. The van der Waals surface area contributed by atoms with Crippen molar-refractivity contribution < 1.29 is 18.9 Å². The molecule has 0 amide bonds. The zero-order chi connectivity index (χ0) is 28.6. The van der Waals surface area contributed by atoms with E-state index >= 15 is 0 Å². The summed E-state index contributed by atoms with van der Waals surface area (Å²) < 4.78 is 23.9.